The average Bonchev–Trinajstić information content (AvgIpc) is 3.30. The highest BCUT2D eigenvalue weighted by molar-refractivity contribution is 7.98. The Bertz CT molecular complexity index is 1180. The molecule has 3 amide bonds. The van der Waals surface area contributed by atoms with Crippen molar-refractivity contribution in [3.05, 3.63) is 70.2 Å². The molecule has 10 heteroatoms. The third-order valence-corrected chi connectivity index (χ3v) is 6.56. The molecule has 0 bridgehead atoms. The van der Waals surface area contributed by atoms with Gasteiger partial charge in [0.2, 0.25) is 11.9 Å². The lowest BCUT2D eigenvalue weighted by atomic mass is 10.1. The summed E-state index contributed by atoms with van der Waals surface area (Å²) in [7, 11) is 0. The van der Waals surface area contributed by atoms with Crippen molar-refractivity contribution in [3.63, 3.8) is 0 Å². The number of carbonyl (C=O) groups excluding carboxylic acids is 3. The van der Waals surface area contributed by atoms with E-state index in [0.717, 1.165) is 10.5 Å². The quantitative estimate of drug-likeness (QED) is 0.416. The Morgan fingerprint density at radius 3 is 2.31 bits per heavy atom. The van der Waals surface area contributed by atoms with E-state index < -0.39 is 23.8 Å². The van der Waals surface area contributed by atoms with Crippen LogP contribution >= 0.6 is 23.4 Å². The molecule has 1 N–H and O–H groups in total. The van der Waals surface area contributed by atoms with E-state index in [1.807, 2.05) is 31.2 Å². The van der Waals surface area contributed by atoms with Gasteiger partial charge in [0.25, 0.3) is 11.8 Å². The molecule has 0 saturated heterocycles. The first-order valence-electron chi connectivity index (χ1n) is 9.99. The Hall–Kier alpha value is -3.17. The van der Waals surface area contributed by atoms with E-state index in [9.17, 15) is 14.4 Å². The molecule has 0 fully saturated rings. The van der Waals surface area contributed by atoms with Gasteiger partial charge in [-0.2, -0.15) is 0 Å². The van der Waals surface area contributed by atoms with Crippen LogP contribution in [-0.4, -0.2) is 43.4 Å². The highest BCUT2D eigenvalue weighted by Crippen LogP contribution is 2.28. The number of rotatable bonds is 7. The van der Waals surface area contributed by atoms with E-state index in [1.165, 1.54) is 18.7 Å². The number of nitrogens with zero attached hydrogens (tertiary/aromatic N) is 4. The van der Waals surface area contributed by atoms with E-state index in [1.54, 1.807) is 28.8 Å². The lowest BCUT2D eigenvalue weighted by Gasteiger charge is -2.21. The molecule has 1 atom stereocenters. The number of benzene rings is 2. The fourth-order valence-corrected chi connectivity index (χ4v) is 4.71. The summed E-state index contributed by atoms with van der Waals surface area (Å²) >= 11 is 7.67. The van der Waals surface area contributed by atoms with Gasteiger partial charge in [0.15, 0.2) is 5.16 Å². The minimum atomic E-state index is -1.01. The third kappa shape index (κ3) is 4.01. The molecule has 0 radical (unpaired) electrons. The number of hydrogen-bond acceptors (Lipinski definition) is 6. The molecular formula is C22H20ClN5O3S. The minimum Gasteiger partial charge on any atom is -0.293 e. The van der Waals surface area contributed by atoms with Crippen LogP contribution in [0.15, 0.2) is 53.7 Å². The van der Waals surface area contributed by atoms with E-state index >= 15 is 0 Å². The first-order valence-corrected chi connectivity index (χ1v) is 11.4. The van der Waals surface area contributed by atoms with Gasteiger partial charge >= 0.3 is 0 Å². The van der Waals surface area contributed by atoms with Gasteiger partial charge in [-0.1, -0.05) is 53.7 Å². The van der Waals surface area contributed by atoms with Gasteiger partial charge in [0.05, 0.1) is 11.1 Å². The summed E-state index contributed by atoms with van der Waals surface area (Å²) in [6.07, 6.45) is 0. The first-order chi connectivity index (χ1) is 15.4. The number of nitrogens with one attached hydrogen (secondary N) is 1. The second-order valence-electron chi connectivity index (χ2n) is 7.12. The van der Waals surface area contributed by atoms with Crippen LogP contribution in [0.25, 0.3) is 0 Å². The predicted molar refractivity (Wildman–Crippen MR) is 122 cm³/mol. The van der Waals surface area contributed by atoms with Crippen LogP contribution in [0.4, 0.5) is 5.95 Å². The van der Waals surface area contributed by atoms with Crippen LogP contribution in [-0.2, 0) is 17.1 Å². The molecule has 1 unspecified atom stereocenters. The fraction of sp³-hybridized carbons (Fsp3) is 0.227. The topological polar surface area (TPSA) is 97.2 Å². The third-order valence-electron chi connectivity index (χ3n) is 5.17. The fourth-order valence-electron chi connectivity index (χ4n) is 3.42. The number of halogens is 1. The lowest BCUT2D eigenvalue weighted by Crippen LogP contribution is -2.45. The number of imide groups is 1. The van der Waals surface area contributed by atoms with Crippen LogP contribution in [0.2, 0.25) is 5.02 Å². The standard InChI is InChI=1S/C22H20ClN5O3S/c1-3-27-21(25-26-22(27)32-12-14-8-4-7-11-17(14)23)24-18(29)13(2)28-19(30)15-9-5-6-10-16(15)20(28)31/h4-11,13H,3,12H2,1-2H3,(H,24,25,29). The van der Waals surface area contributed by atoms with Gasteiger partial charge < -0.3 is 0 Å². The van der Waals surface area contributed by atoms with Gasteiger partial charge in [0, 0.05) is 17.3 Å². The summed E-state index contributed by atoms with van der Waals surface area (Å²) in [5.74, 6) is -0.647. The normalized spacial score (nSPS) is 13.9. The van der Waals surface area contributed by atoms with Crippen molar-refractivity contribution in [2.45, 2.75) is 37.3 Å². The Labute approximate surface area is 194 Å². The van der Waals surface area contributed by atoms with Crippen molar-refractivity contribution < 1.29 is 14.4 Å². The predicted octanol–water partition coefficient (Wildman–Crippen LogP) is 3.87. The van der Waals surface area contributed by atoms with E-state index in [2.05, 4.69) is 15.5 Å². The summed E-state index contributed by atoms with van der Waals surface area (Å²) in [4.78, 5) is 39.2. The van der Waals surface area contributed by atoms with Gasteiger partial charge in [-0.05, 0) is 37.6 Å². The van der Waals surface area contributed by atoms with Crippen molar-refractivity contribution in [2.75, 3.05) is 5.32 Å². The molecule has 4 rings (SSSR count). The maximum absolute atomic E-state index is 12.9. The van der Waals surface area contributed by atoms with Gasteiger partial charge in [0.1, 0.15) is 6.04 Å². The van der Waals surface area contributed by atoms with Crippen LogP contribution in [0.1, 0.15) is 40.1 Å². The zero-order chi connectivity index (χ0) is 22.8. The van der Waals surface area contributed by atoms with Crippen LogP contribution in [0, 0.1) is 0 Å². The molecule has 32 heavy (non-hydrogen) atoms. The molecule has 1 aliphatic rings. The second-order valence-corrected chi connectivity index (χ2v) is 8.47. The second kappa shape index (κ2) is 9.13. The minimum absolute atomic E-state index is 0.252. The highest BCUT2D eigenvalue weighted by atomic mass is 35.5. The first kappa shape index (κ1) is 22.0. The molecule has 1 aliphatic heterocycles. The van der Waals surface area contributed by atoms with Gasteiger partial charge in [-0.25, -0.2) is 0 Å². The molecular weight excluding hydrogens is 450 g/mol. The molecule has 0 aliphatic carbocycles. The van der Waals surface area contributed by atoms with Crippen molar-refractivity contribution in [1.29, 1.82) is 0 Å². The Kier molecular flexibility index (Phi) is 6.29. The summed E-state index contributed by atoms with van der Waals surface area (Å²) < 4.78 is 1.76. The molecule has 2 aromatic carbocycles. The SMILES string of the molecule is CCn1c(NC(=O)C(C)N2C(=O)c3ccccc3C2=O)nnc1SCc1ccccc1Cl. The Morgan fingerprint density at radius 1 is 1.06 bits per heavy atom. The van der Waals surface area contributed by atoms with Crippen molar-refractivity contribution in [2.24, 2.45) is 0 Å². The summed E-state index contributed by atoms with van der Waals surface area (Å²) in [6, 6.07) is 13.1. The van der Waals surface area contributed by atoms with Crippen molar-refractivity contribution >= 4 is 47.0 Å². The maximum atomic E-state index is 12.9. The molecule has 8 nitrogen and oxygen atoms in total. The molecule has 3 aromatic rings. The van der Waals surface area contributed by atoms with E-state index in [0.29, 0.717) is 33.6 Å². The van der Waals surface area contributed by atoms with Gasteiger partial charge in [-0.15, -0.1) is 10.2 Å². The smallest absolute Gasteiger partial charge is 0.262 e. The zero-order valence-electron chi connectivity index (χ0n) is 17.4. The number of amides is 3. The van der Waals surface area contributed by atoms with E-state index in [-0.39, 0.29) is 5.95 Å². The summed E-state index contributed by atoms with van der Waals surface area (Å²) in [5.41, 5.74) is 1.56. The number of anilines is 1. The van der Waals surface area contributed by atoms with Crippen LogP contribution in [0.5, 0.6) is 0 Å². The summed E-state index contributed by atoms with van der Waals surface area (Å²) in [6.45, 7) is 3.94. The van der Waals surface area contributed by atoms with E-state index in [4.69, 9.17) is 11.6 Å². The lowest BCUT2D eigenvalue weighted by molar-refractivity contribution is -0.119. The number of aromatic nitrogens is 3. The Balaban J connectivity index is 1.47. The van der Waals surface area contributed by atoms with Crippen molar-refractivity contribution in [1.82, 2.24) is 19.7 Å². The number of hydrogen-bond donors (Lipinski definition) is 1. The molecule has 164 valence electrons. The Morgan fingerprint density at radius 2 is 1.69 bits per heavy atom. The van der Waals surface area contributed by atoms with Crippen molar-refractivity contribution in [3.8, 4) is 0 Å². The number of thioether (sulfide) groups is 1. The average molecular weight is 470 g/mol. The summed E-state index contributed by atoms with van der Waals surface area (Å²) in [5, 5.41) is 12.3. The number of fused-ring (bicyclic) bond motifs is 1. The maximum Gasteiger partial charge on any atom is 0.262 e. The number of carbonyl (C=O) groups is 3. The van der Waals surface area contributed by atoms with Crippen LogP contribution < -0.4 is 5.32 Å². The van der Waals surface area contributed by atoms with Crippen LogP contribution in [0.3, 0.4) is 0 Å². The monoisotopic (exact) mass is 469 g/mol. The molecule has 2 heterocycles. The largest absolute Gasteiger partial charge is 0.293 e. The highest BCUT2D eigenvalue weighted by Gasteiger charge is 2.40. The molecule has 0 saturated carbocycles. The zero-order valence-corrected chi connectivity index (χ0v) is 19.0. The molecule has 0 spiro atoms. The molecule has 1 aromatic heterocycles. The van der Waals surface area contributed by atoms with Gasteiger partial charge in [-0.3, -0.25) is 29.2 Å².